The summed E-state index contributed by atoms with van der Waals surface area (Å²) in [5.74, 6) is 1.89. The molecule has 160 valence electrons. The van der Waals surface area contributed by atoms with Crippen molar-refractivity contribution in [1.29, 1.82) is 0 Å². The lowest BCUT2D eigenvalue weighted by molar-refractivity contribution is -0.136. The predicted octanol–water partition coefficient (Wildman–Crippen LogP) is 2.06. The molecule has 31 heavy (non-hydrogen) atoms. The van der Waals surface area contributed by atoms with Crippen molar-refractivity contribution in [2.75, 3.05) is 49.1 Å². The highest BCUT2D eigenvalue weighted by molar-refractivity contribution is 5.82. The van der Waals surface area contributed by atoms with Gasteiger partial charge in [0.1, 0.15) is 12.1 Å². The third-order valence-corrected chi connectivity index (χ3v) is 6.13. The number of carbonyl (C=O) groups excluding carboxylic acids is 1. The predicted molar refractivity (Wildman–Crippen MR) is 120 cm³/mol. The largest absolute Gasteiger partial charge is 0.368 e. The van der Waals surface area contributed by atoms with Crippen LogP contribution in [0.5, 0.6) is 0 Å². The fourth-order valence-corrected chi connectivity index (χ4v) is 4.39. The first-order valence-electron chi connectivity index (χ1n) is 10.8. The lowest BCUT2D eigenvalue weighted by atomic mass is 9.98. The Kier molecular flexibility index (Phi) is 5.05. The van der Waals surface area contributed by atoms with Crippen molar-refractivity contribution in [2.24, 2.45) is 5.92 Å². The van der Waals surface area contributed by atoms with Gasteiger partial charge in [0.05, 0.1) is 11.6 Å². The highest BCUT2D eigenvalue weighted by Crippen LogP contribution is 2.26. The highest BCUT2D eigenvalue weighted by Gasteiger charge is 2.37. The SMILES string of the molecule is Cc1cc(C)n(-c2cc(N3CC(C(=O)N4CCN(c5ccccc5)CC4)C3)ncn2)n1. The number of piperazine rings is 1. The van der Waals surface area contributed by atoms with E-state index in [1.54, 1.807) is 6.33 Å². The lowest BCUT2D eigenvalue weighted by Crippen LogP contribution is -2.58. The molecular weight excluding hydrogens is 390 g/mol. The molecule has 2 aromatic heterocycles. The number of hydrogen-bond acceptors (Lipinski definition) is 6. The average molecular weight is 418 g/mol. The zero-order valence-electron chi connectivity index (χ0n) is 18.0. The van der Waals surface area contributed by atoms with E-state index in [0.29, 0.717) is 13.1 Å². The van der Waals surface area contributed by atoms with Crippen molar-refractivity contribution in [1.82, 2.24) is 24.6 Å². The first-order chi connectivity index (χ1) is 15.1. The summed E-state index contributed by atoms with van der Waals surface area (Å²) in [5.41, 5.74) is 3.22. The van der Waals surface area contributed by atoms with Crippen molar-refractivity contribution < 1.29 is 4.79 Å². The van der Waals surface area contributed by atoms with E-state index >= 15 is 0 Å². The Morgan fingerprint density at radius 1 is 0.903 bits per heavy atom. The van der Waals surface area contributed by atoms with Gasteiger partial charge in [0.15, 0.2) is 5.82 Å². The average Bonchev–Trinajstić information content (AvgIpc) is 3.11. The van der Waals surface area contributed by atoms with Crippen LogP contribution in [0, 0.1) is 19.8 Å². The molecule has 8 heteroatoms. The number of benzene rings is 1. The van der Waals surface area contributed by atoms with E-state index in [1.807, 2.05) is 41.6 Å². The van der Waals surface area contributed by atoms with E-state index < -0.39 is 0 Å². The fourth-order valence-electron chi connectivity index (χ4n) is 4.39. The maximum absolute atomic E-state index is 13.0. The molecule has 0 aliphatic carbocycles. The Balaban J connectivity index is 1.17. The van der Waals surface area contributed by atoms with Gasteiger partial charge in [-0.25, -0.2) is 14.6 Å². The van der Waals surface area contributed by atoms with Crippen LogP contribution in [0.1, 0.15) is 11.4 Å². The molecular formula is C23H27N7O. The zero-order valence-corrected chi connectivity index (χ0v) is 18.0. The smallest absolute Gasteiger partial charge is 0.229 e. The summed E-state index contributed by atoms with van der Waals surface area (Å²) in [6.45, 7) is 8.69. The molecule has 2 fully saturated rings. The minimum Gasteiger partial charge on any atom is -0.368 e. The van der Waals surface area contributed by atoms with Crippen molar-refractivity contribution in [3.8, 4) is 5.82 Å². The van der Waals surface area contributed by atoms with Crippen molar-refractivity contribution in [3.63, 3.8) is 0 Å². The molecule has 3 aromatic rings. The number of hydrogen-bond donors (Lipinski definition) is 0. The normalized spacial score (nSPS) is 17.0. The maximum Gasteiger partial charge on any atom is 0.229 e. The molecule has 0 radical (unpaired) electrons. The van der Waals surface area contributed by atoms with E-state index in [0.717, 1.165) is 49.2 Å². The van der Waals surface area contributed by atoms with Gasteiger partial charge in [0, 0.05) is 56.7 Å². The first kappa shape index (κ1) is 19.5. The molecule has 0 spiro atoms. The second-order valence-electron chi connectivity index (χ2n) is 8.32. The van der Waals surface area contributed by atoms with Crippen LogP contribution in [0.3, 0.4) is 0 Å². The standard InChI is InChI=1S/C23H27N7O/c1-17-12-18(2)30(26-17)22-13-21(24-16-25-22)29-14-19(15-29)23(31)28-10-8-27(9-11-28)20-6-4-3-5-7-20/h3-7,12-13,16,19H,8-11,14-15H2,1-2H3. The van der Waals surface area contributed by atoms with Crippen LogP contribution >= 0.6 is 0 Å². The Labute approximate surface area is 182 Å². The fraction of sp³-hybridized carbons (Fsp3) is 0.391. The second kappa shape index (κ2) is 8.02. The van der Waals surface area contributed by atoms with Crippen LogP contribution in [0.15, 0.2) is 48.8 Å². The third kappa shape index (κ3) is 3.85. The van der Waals surface area contributed by atoms with Gasteiger partial charge in [-0.15, -0.1) is 0 Å². The van der Waals surface area contributed by atoms with Crippen molar-refractivity contribution >= 4 is 17.4 Å². The molecule has 0 atom stereocenters. The van der Waals surface area contributed by atoms with E-state index in [-0.39, 0.29) is 11.8 Å². The summed E-state index contributed by atoms with van der Waals surface area (Å²) in [6, 6.07) is 14.4. The van der Waals surface area contributed by atoms with E-state index in [2.05, 4.69) is 49.1 Å². The summed E-state index contributed by atoms with van der Waals surface area (Å²) < 4.78 is 1.83. The number of aryl methyl sites for hydroxylation is 2. The van der Waals surface area contributed by atoms with Crippen LogP contribution < -0.4 is 9.80 Å². The minimum absolute atomic E-state index is 0.0374. The molecule has 1 aromatic carbocycles. The summed E-state index contributed by atoms with van der Waals surface area (Å²) in [4.78, 5) is 28.3. The molecule has 1 amide bonds. The lowest BCUT2D eigenvalue weighted by Gasteiger charge is -2.43. The molecule has 0 bridgehead atoms. The molecule has 2 aliphatic heterocycles. The third-order valence-electron chi connectivity index (χ3n) is 6.13. The monoisotopic (exact) mass is 417 g/mol. The maximum atomic E-state index is 13.0. The van der Waals surface area contributed by atoms with Crippen LogP contribution in [0.25, 0.3) is 5.82 Å². The first-order valence-corrected chi connectivity index (χ1v) is 10.8. The van der Waals surface area contributed by atoms with Crippen molar-refractivity contribution in [3.05, 3.63) is 60.2 Å². The van der Waals surface area contributed by atoms with Gasteiger partial charge in [-0.3, -0.25) is 4.79 Å². The zero-order chi connectivity index (χ0) is 21.4. The molecule has 2 saturated heterocycles. The highest BCUT2D eigenvalue weighted by atomic mass is 16.2. The number of nitrogens with zero attached hydrogens (tertiary/aromatic N) is 7. The van der Waals surface area contributed by atoms with Gasteiger partial charge in [-0.2, -0.15) is 5.10 Å². The second-order valence-corrected chi connectivity index (χ2v) is 8.32. The molecule has 2 aliphatic rings. The molecule has 5 rings (SSSR count). The Morgan fingerprint density at radius 2 is 1.61 bits per heavy atom. The van der Waals surface area contributed by atoms with Gasteiger partial charge < -0.3 is 14.7 Å². The van der Waals surface area contributed by atoms with Gasteiger partial charge in [-0.05, 0) is 32.0 Å². The molecule has 8 nitrogen and oxygen atoms in total. The number of amides is 1. The summed E-state index contributed by atoms with van der Waals surface area (Å²) in [7, 11) is 0. The summed E-state index contributed by atoms with van der Waals surface area (Å²) >= 11 is 0. The van der Waals surface area contributed by atoms with E-state index in [4.69, 9.17) is 0 Å². The van der Waals surface area contributed by atoms with E-state index in [1.165, 1.54) is 5.69 Å². The van der Waals surface area contributed by atoms with Gasteiger partial charge in [-0.1, -0.05) is 18.2 Å². The number of anilines is 2. The van der Waals surface area contributed by atoms with Crippen LogP contribution in [-0.4, -0.2) is 69.8 Å². The minimum atomic E-state index is 0.0374. The van der Waals surface area contributed by atoms with Crippen LogP contribution in [-0.2, 0) is 4.79 Å². The summed E-state index contributed by atoms with van der Waals surface area (Å²) in [5, 5.41) is 4.50. The van der Waals surface area contributed by atoms with Crippen molar-refractivity contribution in [2.45, 2.75) is 13.8 Å². The van der Waals surface area contributed by atoms with Crippen LogP contribution in [0.4, 0.5) is 11.5 Å². The Bertz CT molecular complexity index is 1070. The van der Waals surface area contributed by atoms with E-state index in [9.17, 15) is 4.79 Å². The number of aromatic nitrogens is 4. The summed E-state index contributed by atoms with van der Waals surface area (Å²) in [6.07, 6.45) is 1.57. The Morgan fingerprint density at radius 3 is 2.29 bits per heavy atom. The topological polar surface area (TPSA) is 70.4 Å². The van der Waals surface area contributed by atoms with Gasteiger partial charge >= 0.3 is 0 Å². The van der Waals surface area contributed by atoms with Gasteiger partial charge in [0.25, 0.3) is 0 Å². The number of para-hydroxylation sites is 1. The molecule has 0 unspecified atom stereocenters. The molecule has 0 N–H and O–H groups in total. The molecule has 0 saturated carbocycles. The number of carbonyl (C=O) groups is 1. The Hall–Kier alpha value is -3.42. The molecule has 4 heterocycles. The number of rotatable bonds is 4. The quantitative estimate of drug-likeness (QED) is 0.647. The van der Waals surface area contributed by atoms with Gasteiger partial charge in [0.2, 0.25) is 5.91 Å². The van der Waals surface area contributed by atoms with Crippen LogP contribution in [0.2, 0.25) is 0 Å².